The number of aromatic nitrogens is 1. The highest BCUT2D eigenvalue weighted by atomic mass is 16.4. The Bertz CT molecular complexity index is 365. The summed E-state index contributed by atoms with van der Waals surface area (Å²) in [4.78, 5) is 17.2. The normalized spacial score (nSPS) is 12.9. The van der Waals surface area contributed by atoms with Crippen molar-refractivity contribution in [1.29, 1.82) is 0 Å². The molecule has 18 heavy (non-hydrogen) atoms. The molecule has 4 nitrogen and oxygen atoms in total. The zero-order valence-electron chi connectivity index (χ0n) is 11.3. The van der Waals surface area contributed by atoms with Crippen molar-refractivity contribution in [3.63, 3.8) is 0 Å². The van der Waals surface area contributed by atoms with E-state index in [4.69, 9.17) is 5.11 Å². The number of carboxylic acids is 1. The molecule has 1 aromatic rings. The predicted octanol–water partition coefficient (Wildman–Crippen LogP) is 1.91. The van der Waals surface area contributed by atoms with Crippen molar-refractivity contribution in [3.8, 4) is 0 Å². The van der Waals surface area contributed by atoms with Crippen LogP contribution in [0.25, 0.3) is 0 Å². The molecule has 0 saturated heterocycles. The van der Waals surface area contributed by atoms with Gasteiger partial charge in [0.2, 0.25) is 0 Å². The average Bonchev–Trinajstić information content (AvgIpc) is 2.34. The van der Waals surface area contributed by atoms with Crippen LogP contribution in [0.3, 0.4) is 0 Å². The van der Waals surface area contributed by atoms with Crippen LogP contribution in [-0.4, -0.2) is 41.1 Å². The Morgan fingerprint density at radius 2 is 2.00 bits per heavy atom. The van der Waals surface area contributed by atoms with E-state index in [2.05, 4.69) is 9.88 Å². The van der Waals surface area contributed by atoms with E-state index in [0.717, 1.165) is 13.0 Å². The highest BCUT2D eigenvalue weighted by Gasteiger charge is 2.22. The monoisotopic (exact) mass is 250 g/mol. The third-order valence-electron chi connectivity index (χ3n) is 3.16. The second-order valence-electron chi connectivity index (χ2n) is 5.06. The zero-order valence-corrected chi connectivity index (χ0v) is 11.3. The molecule has 0 aliphatic rings. The molecule has 0 aromatic carbocycles. The number of pyridine rings is 1. The van der Waals surface area contributed by atoms with Gasteiger partial charge >= 0.3 is 5.97 Å². The SMILES string of the molecule is CC(C)C(CN(C)CCc1ccncc1)C(=O)O. The van der Waals surface area contributed by atoms with Crippen LogP contribution in [0.5, 0.6) is 0 Å². The summed E-state index contributed by atoms with van der Waals surface area (Å²) in [5, 5.41) is 9.14. The first-order valence-electron chi connectivity index (χ1n) is 6.31. The van der Waals surface area contributed by atoms with E-state index in [1.54, 1.807) is 12.4 Å². The van der Waals surface area contributed by atoms with Gasteiger partial charge in [0, 0.05) is 25.5 Å². The Balaban J connectivity index is 2.41. The predicted molar refractivity (Wildman–Crippen MR) is 71.4 cm³/mol. The molecule has 1 unspecified atom stereocenters. The molecule has 1 N–H and O–H groups in total. The highest BCUT2D eigenvalue weighted by molar-refractivity contribution is 5.70. The second kappa shape index (κ2) is 7.11. The van der Waals surface area contributed by atoms with E-state index in [1.807, 2.05) is 33.0 Å². The number of nitrogens with zero attached hydrogens (tertiary/aromatic N) is 2. The van der Waals surface area contributed by atoms with E-state index < -0.39 is 5.97 Å². The summed E-state index contributed by atoms with van der Waals surface area (Å²) in [5.41, 5.74) is 1.23. The fourth-order valence-corrected chi connectivity index (χ4v) is 1.87. The largest absolute Gasteiger partial charge is 0.481 e. The summed E-state index contributed by atoms with van der Waals surface area (Å²) < 4.78 is 0. The lowest BCUT2D eigenvalue weighted by Crippen LogP contribution is -2.34. The minimum atomic E-state index is -0.708. The molecular weight excluding hydrogens is 228 g/mol. The molecule has 0 aliphatic heterocycles. The summed E-state index contributed by atoms with van der Waals surface area (Å²) >= 11 is 0. The van der Waals surface area contributed by atoms with E-state index in [-0.39, 0.29) is 11.8 Å². The molecule has 0 fully saturated rings. The maximum Gasteiger partial charge on any atom is 0.308 e. The van der Waals surface area contributed by atoms with Gasteiger partial charge in [0.1, 0.15) is 0 Å². The van der Waals surface area contributed by atoms with Gasteiger partial charge in [-0.05, 0) is 37.1 Å². The second-order valence-corrected chi connectivity index (χ2v) is 5.06. The molecule has 1 atom stereocenters. The topological polar surface area (TPSA) is 53.4 Å². The van der Waals surface area contributed by atoms with Gasteiger partial charge in [-0.1, -0.05) is 13.8 Å². The maximum atomic E-state index is 11.1. The van der Waals surface area contributed by atoms with Crippen LogP contribution in [0.2, 0.25) is 0 Å². The number of aliphatic carboxylic acids is 1. The summed E-state index contributed by atoms with van der Waals surface area (Å²) in [7, 11) is 1.97. The van der Waals surface area contributed by atoms with Crippen molar-refractivity contribution < 1.29 is 9.90 Å². The van der Waals surface area contributed by atoms with Gasteiger partial charge in [-0.25, -0.2) is 0 Å². The Hall–Kier alpha value is -1.42. The number of likely N-dealkylation sites (N-methyl/N-ethyl adjacent to an activating group) is 1. The van der Waals surface area contributed by atoms with Crippen LogP contribution >= 0.6 is 0 Å². The van der Waals surface area contributed by atoms with Crippen LogP contribution in [0.15, 0.2) is 24.5 Å². The molecule has 4 heteroatoms. The molecule has 1 heterocycles. The smallest absolute Gasteiger partial charge is 0.308 e. The minimum absolute atomic E-state index is 0.158. The number of rotatable bonds is 7. The fraction of sp³-hybridized carbons (Fsp3) is 0.571. The van der Waals surface area contributed by atoms with Crippen LogP contribution in [0.1, 0.15) is 19.4 Å². The van der Waals surface area contributed by atoms with Crippen LogP contribution in [0.4, 0.5) is 0 Å². The van der Waals surface area contributed by atoms with Crippen molar-refractivity contribution >= 4 is 5.97 Å². The summed E-state index contributed by atoms with van der Waals surface area (Å²) in [6, 6.07) is 3.98. The van der Waals surface area contributed by atoms with E-state index >= 15 is 0 Å². The first-order chi connectivity index (χ1) is 8.50. The molecule has 0 bridgehead atoms. The van der Waals surface area contributed by atoms with E-state index in [1.165, 1.54) is 5.56 Å². The van der Waals surface area contributed by atoms with E-state index in [0.29, 0.717) is 6.54 Å². The number of carbonyl (C=O) groups is 1. The van der Waals surface area contributed by atoms with Gasteiger partial charge in [-0.15, -0.1) is 0 Å². The number of hydrogen-bond acceptors (Lipinski definition) is 3. The lowest BCUT2D eigenvalue weighted by molar-refractivity contribution is -0.143. The molecule has 100 valence electrons. The summed E-state index contributed by atoms with van der Waals surface area (Å²) in [5.74, 6) is -0.848. The Morgan fingerprint density at radius 3 is 2.50 bits per heavy atom. The molecule has 0 aliphatic carbocycles. The zero-order chi connectivity index (χ0) is 13.5. The molecule has 0 saturated carbocycles. The molecule has 0 spiro atoms. The van der Waals surface area contributed by atoms with Crippen LogP contribution in [-0.2, 0) is 11.2 Å². The molecular formula is C14H22N2O2. The van der Waals surface area contributed by atoms with Crippen LogP contribution < -0.4 is 0 Å². The highest BCUT2D eigenvalue weighted by Crippen LogP contribution is 2.12. The van der Waals surface area contributed by atoms with Crippen molar-refractivity contribution in [3.05, 3.63) is 30.1 Å². The first-order valence-corrected chi connectivity index (χ1v) is 6.31. The third-order valence-corrected chi connectivity index (χ3v) is 3.16. The van der Waals surface area contributed by atoms with Gasteiger partial charge in [0.15, 0.2) is 0 Å². The van der Waals surface area contributed by atoms with Gasteiger partial charge in [-0.2, -0.15) is 0 Å². The molecule has 0 amide bonds. The van der Waals surface area contributed by atoms with Crippen LogP contribution in [0, 0.1) is 11.8 Å². The third kappa shape index (κ3) is 4.84. The van der Waals surface area contributed by atoms with Crippen molar-refractivity contribution in [1.82, 2.24) is 9.88 Å². The first kappa shape index (κ1) is 14.6. The number of hydrogen-bond donors (Lipinski definition) is 1. The standard InChI is InChI=1S/C14H22N2O2/c1-11(2)13(14(17)18)10-16(3)9-6-12-4-7-15-8-5-12/h4-5,7-8,11,13H,6,9-10H2,1-3H3,(H,17,18). The lowest BCUT2D eigenvalue weighted by atomic mass is 9.95. The Labute approximate surface area is 109 Å². The van der Waals surface area contributed by atoms with Gasteiger partial charge in [0.25, 0.3) is 0 Å². The minimum Gasteiger partial charge on any atom is -0.481 e. The van der Waals surface area contributed by atoms with E-state index in [9.17, 15) is 4.79 Å². The maximum absolute atomic E-state index is 11.1. The lowest BCUT2D eigenvalue weighted by Gasteiger charge is -2.23. The average molecular weight is 250 g/mol. The van der Waals surface area contributed by atoms with Gasteiger partial charge < -0.3 is 10.0 Å². The van der Waals surface area contributed by atoms with Gasteiger partial charge in [-0.3, -0.25) is 9.78 Å². The fourth-order valence-electron chi connectivity index (χ4n) is 1.87. The van der Waals surface area contributed by atoms with Crippen molar-refractivity contribution in [2.75, 3.05) is 20.1 Å². The number of carboxylic acid groups (broad SMARTS) is 1. The molecule has 1 aromatic heterocycles. The van der Waals surface area contributed by atoms with Gasteiger partial charge in [0.05, 0.1) is 5.92 Å². The quantitative estimate of drug-likeness (QED) is 0.803. The molecule has 1 rings (SSSR count). The Kier molecular flexibility index (Phi) is 5.78. The van der Waals surface area contributed by atoms with Crippen molar-refractivity contribution in [2.24, 2.45) is 11.8 Å². The Morgan fingerprint density at radius 1 is 1.39 bits per heavy atom. The summed E-state index contributed by atoms with van der Waals surface area (Å²) in [6.45, 7) is 5.36. The molecule has 0 radical (unpaired) electrons. The van der Waals surface area contributed by atoms with Crippen molar-refractivity contribution in [2.45, 2.75) is 20.3 Å². The summed E-state index contributed by atoms with van der Waals surface area (Å²) in [6.07, 6.45) is 4.48.